The van der Waals surface area contributed by atoms with Crippen molar-refractivity contribution in [3.05, 3.63) is 27.7 Å². The molecule has 1 unspecified atom stereocenters. The Morgan fingerprint density at radius 1 is 1.47 bits per heavy atom. The molecule has 1 aromatic rings. The summed E-state index contributed by atoms with van der Waals surface area (Å²) in [6, 6.07) is 4.22. The summed E-state index contributed by atoms with van der Waals surface area (Å²) in [7, 11) is 1.69. The van der Waals surface area contributed by atoms with Crippen LogP contribution in [0.25, 0.3) is 0 Å². The summed E-state index contributed by atoms with van der Waals surface area (Å²) in [5.41, 5.74) is 8.07. The molecule has 0 aliphatic rings. The molecule has 0 spiro atoms. The minimum Gasteiger partial charge on any atom is -0.496 e. The Kier molecular flexibility index (Phi) is 4.61. The topological polar surface area (TPSA) is 35.2 Å². The Hall–Kier alpha value is -0.540. The Labute approximate surface area is 99.9 Å². The van der Waals surface area contributed by atoms with Gasteiger partial charge in [0.25, 0.3) is 0 Å². The van der Waals surface area contributed by atoms with Crippen LogP contribution < -0.4 is 10.5 Å². The van der Waals surface area contributed by atoms with Crippen LogP contribution >= 0.6 is 15.9 Å². The fraction of sp³-hybridized carbons (Fsp3) is 0.500. The van der Waals surface area contributed by atoms with Gasteiger partial charge in [-0.3, -0.25) is 0 Å². The number of aryl methyl sites for hydroxylation is 1. The third-order valence-electron chi connectivity index (χ3n) is 2.56. The van der Waals surface area contributed by atoms with Gasteiger partial charge in [0.05, 0.1) is 11.6 Å². The van der Waals surface area contributed by atoms with Gasteiger partial charge in [0.2, 0.25) is 0 Å². The maximum absolute atomic E-state index is 5.58. The second-order valence-electron chi connectivity index (χ2n) is 3.85. The molecule has 0 bridgehead atoms. The molecule has 15 heavy (non-hydrogen) atoms. The maximum Gasteiger partial charge on any atom is 0.133 e. The highest BCUT2D eigenvalue weighted by Crippen LogP contribution is 2.35. The number of nitrogens with two attached hydrogens (primary N) is 1. The van der Waals surface area contributed by atoms with Gasteiger partial charge in [-0.25, -0.2) is 0 Å². The minimum atomic E-state index is 0.457. The van der Waals surface area contributed by atoms with Crippen LogP contribution in [0.1, 0.15) is 30.4 Å². The maximum atomic E-state index is 5.58. The highest BCUT2D eigenvalue weighted by atomic mass is 79.9. The van der Waals surface area contributed by atoms with Gasteiger partial charge >= 0.3 is 0 Å². The van der Waals surface area contributed by atoms with Crippen LogP contribution in [0.5, 0.6) is 5.75 Å². The third-order valence-corrected chi connectivity index (χ3v) is 3.41. The quantitative estimate of drug-likeness (QED) is 0.913. The molecular weight excluding hydrogens is 254 g/mol. The van der Waals surface area contributed by atoms with Crippen molar-refractivity contribution in [1.29, 1.82) is 0 Å². The Bertz CT molecular complexity index is 339. The molecule has 0 aliphatic heterocycles. The van der Waals surface area contributed by atoms with Crippen LogP contribution in [0.4, 0.5) is 0 Å². The molecule has 0 aromatic heterocycles. The van der Waals surface area contributed by atoms with Gasteiger partial charge in [-0.05, 0) is 58.9 Å². The first-order valence-corrected chi connectivity index (χ1v) is 5.93. The van der Waals surface area contributed by atoms with Crippen molar-refractivity contribution in [2.45, 2.75) is 26.2 Å². The van der Waals surface area contributed by atoms with E-state index in [-0.39, 0.29) is 0 Å². The second-order valence-corrected chi connectivity index (χ2v) is 4.64. The molecule has 0 saturated heterocycles. The third kappa shape index (κ3) is 2.95. The summed E-state index contributed by atoms with van der Waals surface area (Å²) >= 11 is 3.58. The van der Waals surface area contributed by atoms with E-state index in [9.17, 15) is 0 Å². The van der Waals surface area contributed by atoms with Crippen molar-refractivity contribution < 1.29 is 4.74 Å². The average molecular weight is 272 g/mol. The lowest BCUT2D eigenvalue weighted by Crippen LogP contribution is -2.05. The van der Waals surface area contributed by atoms with Crippen molar-refractivity contribution in [3.8, 4) is 5.75 Å². The molecule has 0 amide bonds. The number of hydrogen-bond acceptors (Lipinski definition) is 2. The van der Waals surface area contributed by atoms with Crippen LogP contribution in [0.3, 0.4) is 0 Å². The van der Waals surface area contributed by atoms with Gasteiger partial charge in [0.15, 0.2) is 0 Å². The normalized spacial score (nSPS) is 12.6. The van der Waals surface area contributed by atoms with Crippen molar-refractivity contribution in [2.75, 3.05) is 13.7 Å². The molecule has 2 nitrogen and oxygen atoms in total. The molecule has 0 saturated carbocycles. The lowest BCUT2D eigenvalue weighted by Gasteiger charge is -2.16. The van der Waals surface area contributed by atoms with Gasteiger partial charge in [0, 0.05) is 0 Å². The van der Waals surface area contributed by atoms with E-state index in [1.807, 2.05) is 6.07 Å². The Morgan fingerprint density at radius 3 is 2.67 bits per heavy atom. The number of halogens is 1. The Morgan fingerprint density at radius 2 is 2.13 bits per heavy atom. The largest absolute Gasteiger partial charge is 0.496 e. The average Bonchev–Trinajstić information content (AvgIpc) is 2.21. The second kappa shape index (κ2) is 5.52. The molecule has 0 heterocycles. The zero-order valence-corrected chi connectivity index (χ0v) is 11.1. The highest BCUT2D eigenvalue weighted by molar-refractivity contribution is 9.10. The summed E-state index contributed by atoms with van der Waals surface area (Å²) in [6.07, 6.45) is 0.991. The van der Waals surface area contributed by atoms with E-state index >= 15 is 0 Å². The van der Waals surface area contributed by atoms with Crippen LogP contribution in [-0.4, -0.2) is 13.7 Å². The van der Waals surface area contributed by atoms with Crippen LogP contribution in [0.15, 0.2) is 16.6 Å². The number of hydrogen-bond donors (Lipinski definition) is 1. The lowest BCUT2D eigenvalue weighted by molar-refractivity contribution is 0.410. The molecule has 1 aromatic carbocycles. The summed E-state index contributed by atoms with van der Waals surface area (Å²) in [5, 5.41) is 0. The predicted molar refractivity (Wildman–Crippen MR) is 67.5 cm³/mol. The summed E-state index contributed by atoms with van der Waals surface area (Å²) in [4.78, 5) is 0. The molecule has 3 heteroatoms. The van der Waals surface area contributed by atoms with E-state index in [0.717, 1.165) is 16.6 Å². The first-order chi connectivity index (χ1) is 7.10. The van der Waals surface area contributed by atoms with Crippen molar-refractivity contribution in [1.82, 2.24) is 0 Å². The first-order valence-electron chi connectivity index (χ1n) is 5.14. The van der Waals surface area contributed by atoms with E-state index in [1.165, 1.54) is 11.1 Å². The van der Waals surface area contributed by atoms with Crippen LogP contribution in [0.2, 0.25) is 0 Å². The predicted octanol–water partition coefficient (Wildman–Crippen LogP) is 3.22. The van der Waals surface area contributed by atoms with Gasteiger partial charge in [-0.2, -0.15) is 0 Å². The van der Waals surface area contributed by atoms with Gasteiger partial charge in [-0.1, -0.05) is 13.0 Å². The molecule has 84 valence electrons. The minimum absolute atomic E-state index is 0.457. The fourth-order valence-electron chi connectivity index (χ4n) is 1.68. The van der Waals surface area contributed by atoms with E-state index in [4.69, 9.17) is 10.5 Å². The van der Waals surface area contributed by atoms with E-state index < -0.39 is 0 Å². The van der Waals surface area contributed by atoms with Gasteiger partial charge in [0.1, 0.15) is 5.75 Å². The fourth-order valence-corrected chi connectivity index (χ4v) is 2.46. The SMILES string of the molecule is COc1cc(C)cc(C(C)CCN)c1Br. The van der Waals surface area contributed by atoms with Gasteiger partial charge in [-0.15, -0.1) is 0 Å². The van der Waals surface area contributed by atoms with Gasteiger partial charge < -0.3 is 10.5 Å². The molecular formula is C12H18BrNO. The standard InChI is InChI=1S/C12H18BrNO/c1-8-6-10(9(2)4-5-14)12(13)11(7-8)15-3/h6-7,9H,4-5,14H2,1-3H3. The first kappa shape index (κ1) is 12.5. The molecule has 1 atom stereocenters. The molecule has 2 N–H and O–H groups in total. The van der Waals surface area contributed by atoms with Crippen LogP contribution in [-0.2, 0) is 0 Å². The number of rotatable bonds is 4. The smallest absolute Gasteiger partial charge is 0.133 e. The molecule has 0 radical (unpaired) electrons. The van der Waals surface area contributed by atoms with Crippen LogP contribution in [0, 0.1) is 6.92 Å². The highest BCUT2D eigenvalue weighted by Gasteiger charge is 2.13. The van der Waals surface area contributed by atoms with E-state index in [0.29, 0.717) is 12.5 Å². The van der Waals surface area contributed by atoms with Crippen molar-refractivity contribution >= 4 is 15.9 Å². The van der Waals surface area contributed by atoms with Crippen molar-refractivity contribution in [3.63, 3.8) is 0 Å². The zero-order chi connectivity index (χ0) is 11.4. The summed E-state index contributed by atoms with van der Waals surface area (Å²) in [5.74, 6) is 1.35. The zero-order valence-electron chi connectivity index (χ0n) is 9.51. The molecule has 0 aliphatic carbocycles. The number of benzene rings is 1. The molecule has 1 rings (SSSR count). The van der Waals surface area contributed by atoms with E-state index in [1.54, 1.807) is 7.11 Å². The molecule has 0 fully saturated rings. The van der Waals surface area contributed by atoms with Crippen molar-refractivity contribution in [2.24, 2.45) is 5.73 Å². The number of ether oxygens (including phenoxy) is 1. The Balaban J connectivity index is 3.11. The summed E-state index contributed by atoms with van der Waals surface area (Å²) in [6.45, 7) is 4.98. The van der Waals surface area contributed by atoms with E-state index in [2.05, 4.69) is 35.8 Å². The lowest BCUT2D eigenvalue weighted by atomic mass is 9.96. The monoisotopic (exact) mass is 271 g/mol. The number of methoxy groups -OCH3 is 1. The summed E-state index contributed by atoms with van der Waals surface area (Å²) < 4.78 is 6.37.